The van der Waals surface area contributed by atoms with Gasteiger partial charge in [0.05, 0.1) is 35.4 Å². The summed E-state index contributed by atoms with van der Waals surface area (Å²) in [7, 11) is 1.25. The monoisotopic (exact) mass is 511 g/mol. The van der Waals surface area contributed by atoms with Gasteiger partial charge in [-0.25, -0.2) is 22.9 Å². The number of amides is 2. The molecule has 0 aliphatic carbocycles. The highest BCUT2D eigenvalue weighted by Gasteiger charge is 2.38. The summed E-state index contributed by atoms with van der Waals surface area (Å²) in [5.41, 5.74) is -0.786. The number of halogens is 4. The molecule has 1 aromatic heterocycles. The predicted molar refractivity (Wildman–Crippen MR) is 115 cm³/mol. The van der Waals surface area contributed by atoms with Crippen LogP contribution in [0.25, 0.3) is 0 Å². The molecule has 0 spiro atoms. The fourth-order valence-corrected chi connectivity index (χ4v) is 4.58. The quantitative estimate of drug-likeness (QED) is 0.476. The Bertz CT molecular complexity index is 1360. The number of rotatable bonds is 6. The van der Waals surface area contributed by atoms with E-state index in [9.17, 15) is 32.7 Å². The summed E-state index contributed by atoms with van der Waals surface area (Å²) >= 11 is 6.81. The standard InChI is InChI=1S/C22H13ClF3NO6S/c1-32-15-3-2-12(24)19(26)10(15)7-33-16-6-14(13(25)5-11(16)23)27-17(28)4-9-8-34-20(22(30)31)18(9)21(27)29/h2-3,5-6,8H,4,7H2,1H3,(H,30,31). The van der Waals surface area contributed by atoms with Crippen LogP contribution in [0.3, 0.4) is 0 Å². The second kappa shape index (κ2) is 8.99. The first-order chi connectivity index (χ1) is 16.1. The van der Waals surface area contributed by atoms with E-state index >= 15 is 0 Å². The maximum atomic E-state index is 14.8. The zero-order valence-electron chi connectivity index (χ0n) is 17.2. The molecule has 2 heterocycles. The molecule has 2 amide bonds. The minimum atomic E-state index is -1.36. The van der Waals surface area contributed by atoms with Gasteiger partial charge in [-0.1, -0.05) is 11.6 Å². The predicted octanol–water partition coefficient (Wildman–Crippen LogP) is 4.83. The van der Waals surface area contributed by atoms with E-state index in [1.165, 1.54) is 18.6 Å². The number of imide groups is 1. The Balaban J connectivity index is 1.71. The van der Waals surface area contributed by atoms with Crippen molar-refractivity contribution in [2.75, 3.05) is 12.0 Å². The molecule has 176 valence electrons. The van der Waals surface area contributed by atoms with Crippen LogP contribution in [-0.4, -0.2) is 30.0 Å². The number of carbonyl (C=O) groups excluding carboxylic acids is 2. The Morgan fingerprint density at radius 3 is 2.59 bits per heavy atom. The molecule has 0 radical (unpaired) electrons. The lowest BCUT2D eigenvalue weighted by molar-refractivity contribution is -0.117. The summed E-state index contributed by atoms with van der Waals surface area (Å²) in [4.78, 5) is 37.4. The fraction of sp³-hybridized carbons (Fsp3) is 0.136. The van der Waals surface area contributed by atoms with Crippen LogP contribution in [0.2, 0.25) is 5.02 Å². The Kier molecular flexibility index (Phi) is 6.24. The summed E-state index contributed by atoms with van der Waals surface area (Å²) in [6.07, 6.45) is -0.325. The van der Waals surface area contributed by atoms with Crippen LogP contribution in [0, 0.1) is 17.5 Å². The average Bonchev–Trinajstić information content (AvgIpc) is 3.21. The number of hydrogen-bond acceptors (Lipinski definition) is 6. The summed E-state index contributed by atoms with van der Waals surface area (Å²) in [5, 5.41) is 10.5. The molecule has 0 bridgehead atoms. The molecule has 1 N–H and O–H groups in total. The number of carboxylic acids is 1. The van der Waals surface area contributed by atoms with Gasteiger partial charge in [0, 0.05) is 6.07 Å². The van der Waals surface area contributed by atoms with E-state index in [0.717, 1.165) is 29.5 Å². The van der Waals surface area contributed by atoms with Crippen molar-refractivity contribution in [3.8, 4) is 11.5 Å². The number of nitrogens with zero attached hydrogens (tertiary/aromatic N) is 1. The molecule has 7 nitrogen and oxygen atoms in total. The molecule has 1 aliphatic heterocycles. The van der Waals surface area contributed by atoms with Crippen molar-refractivity contribution >= 4 is 46.4 Å². The van der Waals surface area contributed by atoms with Crippen molar-refractivity contribution in [1.29, 1.82) is 0 Å². The number of fused-ring (bicyclic) bond motifs is 1. The number of hydrogen-bond donors (Lipinski definition) is 1. The number of ether oxygens (including phenoxy) is 2. The van der Waals surface area contributed by atoms with Crippen molar-refractivity contribution in [2.24, 2.45) is 0 Å². The topological polar surface area (TPSA) is 93.1 Å². The zero-order valence-corrected chi connectivity index (χ0v) is 18.7. The Morgan fingerprint density at radius 2 is 1.91 bits per heavy atom. The minimum absolute atomic E-state index is 0.00932. The molecular weight excluding hydrogens is 499 g/mol. The van der Waals surface area contributed by atoms with E-state index in [-0.39, 0.29) is 44.5 Å². The number of carbonyl (C=O) groups is 3. The van der Waals surface area contributed by atoms with E-state index in [1.54, 1.807) is 0 Å². The van der Waals surface area contributed by atoms with Gasteiger partial charge >= 0.3 is 5.97 Å². The molecule has 0 unspecified atom stereocenters. The van der Waals surface area contributed by atoms with E-state index < -0.39 is 47.5 Å². The first kappa shape index (κ1) is 23.6. The Hall–Kier alpha value is -3.57. The first-order valence-corrected chi connectivity index (χ1v) is 10.7. The highest BCUT2D eigenvalue weighted by atomic mass is 35.5. The van der Waals surface area contributed by atoms with E-state index in [1.807, 2.05) is 0 Å². The van der Waals surface area contributed by atoms with E-state index in [0.29, 0.717) is 4.90 Å². The second-order valence-corrected chi connectivity index (χ2v) is 8.33. The van der Waals surface area contributed by atoms with Crippen molar-refractivity contribution in [3.63, 3.8) is 0 Å². The van der Waals surface area contributed by atoms with Crippen LogP contribution in [0.4, 0.5) is 18.9 Å². The Labute approximate surface area is 198 Å². The summed E-state index contributed by atoms with van der Waals surface area (Å²) < 4.78 is 53.1. The molecule has 0 fully saturated rings. The van der Waals surface area contributed by atoms with E-state index in [4.69, 9.17) is 21.1 Å². The average molecular weight is 512 g/mol. The lowest BCUT2D eigenvalue weighted by Crippen LogP contribution is -2.43. The van der Waals surface area contributed by atoms with Gasteiger partial charge in [0.25, 0.3) is 5.91 Å². The number of benzene rings is 2. The third-order valence-corrected chi connectivity index (χ3v) is 6.37. The van der Waals surface area contributed by atoms with Crippen molar-refractivity contribution < 1.29 is 42.1 Å². The fourth-order valence-electron chi connectivity index (χ4n) is 3.48. The van der Waals surface area contributed by atoms with Gasteiger partial charge in [0.1, 0.15) is 28.8 Å². The van der Waals surface area contributed by atoms with E-state index in [2.05, 4.69) is 0 Å². The minimum Gasteiger partial charge on any atom is -0.496 e. The number of anilines is 1. The lowest BCUT2D eigenvalue weighted by atomic mass is 10.0. The van der Waals surface area contributed by atoms with Crippen LogP contribution in [-0.2, 0) is 17.8 Å². The van der Waals surface area contributed by atoms with Gasteiger partial charge in [-0.15, -0.1) is 11.3 Å². The van der Waals surface area contributed by atoms with Gasteiger partial charge in [-0.2, -0.15) is 0 Å². The summed E-state index contributed by atoms with van der Waals surface area (Å²) in [6.45, 7) is -0.572. The third-order valence-electron chi connectivity index (χ3n) is 5.06. The van der Waals surface area contributed by atoms with Crippen molar-refractivity contribution in [1.82, 2.24) is 0 Å². The normalized spacial score (nSPS) is 13.1. The molecule has 0 atom stereocenters. The molecule has 34 heavy (non-hydrogen) atoms. The van der Waals surface area contributed by atoms with Crippen molar-refractivity contribution in [2.45, 2.75) is 13.0 Å². The molecular formula is C22H13ClF3NO6S. The van der Waals surface area contributed by atoms with Crippen molar-refractivity contribution in [3.05, 3.63) is 73.7 Å². The van der Waals surface area contributed by atoms with Crippen LogP contribution in [0.5, 0.6) is 11.5 Å². The zero-order chi connectivity index (χ0) is 24.7. The van der Waals surface area contributed by atoms with Crippen LogP contribution >= 0.6 is 22.9 Å². The molecule has 3 aromatic rings. The highest BCUT2D eigenvalue weighted by molar-refractivity contribution is 7.12. The van der Waals surface area contributed by atoms with Gasteiger partial charge in [-0.05, 0) is 29.1 Å². The van der Waals surface area contributed by atoms with Crippen LogP contribution in [0.1, 0.15) is 31.2 Å². The summed E-state index contributed by atoms with van der Waals surface area (Å²) in [5.74, 6) is -6.83. The smallest absolute Gasteiger partial charge is 0.346 e. The van der Waals surface area contributed by atoms with Gasteiger partial charge in [0.2, 0.25) is 5.91 Å². The maximum absolute atomic E-state index is 14.8. The molecule has 1 aliphatic rings. The molecule has 4 rings (SSSR count). The number of aromatic carboxylic acids is 1. The molecule has 2 aromatic carbocycles. The van der Waals surface area contributed by atoms with Gasteiger partial charge in [-0.3, -0.25) is 9.59 Å². The van der Waals surface area contributed by atoms with Crippen LogP contribution < -0.4 is 14.4 Å². The third kappa shape index (κ3) is 3.97. The molecule has 0 saturated carbocycles. The molecule has 0 saturated heterocycles. The molecule has 12 heteroatoms. The number of methoxy groups -OCH3 is 1. The first-order valence-electron chi connectivity index (χ1n) is 9.47. The Morgan fingerprint density at radius 1 is 1.18 bits per heavy atom. The number of thiophene rings is 1. The maximum Gasteiger partial charge on any atom is 0.346 e. The summed E-state index contributed by atoms with van der Waals surface area (Å²) in [6, 6.07) is 3.80. The van der Waals surface area contributed by atoms with Gasteiger partial charge in [0.15, 0.2) is 11.6 Å². The second-order valence-electron chi connectivity index (χ2n) is 7.05. The van der Waals surface area contributed by atoms with Gasteiger partial charge < -0.3 is 14.6 Å². The highest BCUT2D eigenvalue weighted by Crippen LogP contribution is 2.38. The lowest BCUT2D eigenvalue weighted by Gasteiger charge is -2.26. The number of carboxylic acid groups (broad SMARTS) is 1. The SMILES string of the molecule is COc1ccc(F)c(F)c1COc1cc(N2C(=O)Cc3csc(C(=O)O)c3C2=O)c(F)cc1Cl. The van der Waals surface area contributed by atoms with Crippen LogP contribution in [0.15, 0.2) is 29.6 Å². The largest absolute Gasteiger partial charge is 0.496 e.